The standard InChI is InChI=1S/C25H25FN2O4/c1-2-31-25(30)17-9-12-21-20(13-17)23(32-15-24(29)27-19-5-3-4-6-19)14-22(28-21)16-7-10-18(26)11-8-16/h7-14,19H,2-6,15H2,1H3,(H,27,29). The predicted octanol–water partition coefficient (Wildman–Crippen LogP) is 4.66. The molecule has 1 aliphatic rings. The van der Waals surface area contributed by atoms with Crippen molar-refractivity contribution in [1.29, 1.82) is 0 Å². The lowest BCUT2D eigenvalue weighted by Gasteiger charge is -2.15. The molecule has 1 saturated carbocycles. The third-order valence-electron chi connectivity index (χ3n) is 5.50. The molecule has 0 saturated heterocycles. The van der Waals surface area contributed by atoms with Crippen LogP contribution in [0.4, 0.5) is 4.39 Å². The summed E-state index contributed by atoms with van der Waals surface area (Å²) in [5, 5.41) is 3.59. The van der Waals surface area contributed by atoms with Gasteiger partial charge in [-0.1, -0.05) is 12.8 Å². The van der Waals surface area contributed by atoms with Gasteiger partial charge in [-0.25, -0.2) is 14.2 Å². The third-order valence-corrected chi connectivity index (χ3v) is 5.50. The molecule has 166 valence electrons. The summed E-state index contributed by atoms with van der Waals surface area (Å²) < 4.78 is 24.3. The Kier molecular flexibility index (Phi) is 6.63. The van der Waals surface area contributed by atoms with Crippen LogP contribution >= 0.6 is 0 Å². The molecule has 7 heteroatoms. The first-order valence-corrected chi connectivity index (χ1v) is 10.8. The molecule has 1 amide bonds. The number of pyridine rings is 1. The second-order valence-electron chi connectivity index (χ2n) is 7.80. The molecule has 4 rings (SSSR count). The third kappa shape index (κ3) is 5.04. The average Bonchev–Trinajstić information content (AvgIpc) is 3.30. The van der Waals surface area contributed by atoms with E-state index in [-0.39, 0.29) is 31.0 Å². The molecule has 0 aliphatic heterocycles. The van der Waals surface area contributed by atoms with Crippen molar-refractivity contribution in [2.24, 2.45) is 0 Å². The highest BCUT2D eigenvalue weighted by Gasteiger charge is 2.18. The topological polar surface area (TPSA) is 77.5 Å². The van der Waals surface area contributed by atoms with Gasteiger partial charge in [0.15, 0.2) is 6.61 Å². The number of hydrogen-bond acceptors (Lipinski definition) is 5. The van der Waals surface area contributed by atoms with Gasteiger partial charge in [0.1, 0.15) is 11.6 Å². The first kappa shape index (κ1) is 21.7. The fourth-order valence-electron chi connectivity index (χ4n) is 3.91. The number of carbonyl (C=O) groups is 2. The zero-order chi connectivity index (χ0) is 22.5. The molecular formula is C25H25FN2O4. The molecule has 0 spiro atoms. The molecule has 1 fully saturated rings. The SMILES string of the molecule is CCOC(=O)c1ccc2nc(-c3ccc(F)cc3)cc(OCC(=O)NC3CCCC3)c2c1. The Morgan fingerprint density at radius 2 is 1.84 bits per heavy atom. The van der Waals surface area contributed by atoms with E-state index in [4.69, 9.17) is 9.47 Å². The van der Waals surface area contributed by atoms with Crippen molar-refractivity contribution >= 4 is 22.8 Å². The number of fused-ring (bicyclic) bond motifs is 1. The van der Waals surface area contributed by atoms with Crippen LogP contribution in [0.1, 0.15) is 43.0 Å². The molecule has 0 bridgehead atoms. The number of hydrogen-bond donors (Lipinski definition) is 1. The normalized spacial score (nSPS) is 13.8. The van der Waals surface area contributed by atoms with Crippen LogP contribution < -0.4 is 10.1 Å². The van der Waals surface area contributed by atoms with E-state index < -0.39 is 5.97 Å². The van der Waals surface area contributed by atoms with Crippen molar-refractivity contribution in [2.45, 2.75) is 38.6 Å². The maximum atomic E-state index is 13.4. The summed E-state index contributed by atoms with van der Waals surface area (Å²) in [6.07, 6.45) is 4.22. The zero-order valence-corrected chi connectivity index (χ0v) is 17.9. The highest BCUT2D eigenvalue weighted by Crippen LogP contribution is 2.31. The lowest BCUT2D eigenvalue weighted by atomic mass is 10.1. The number of benzene rings is 2. The number of nitrogens with one attached hydrogen (secondary N) is 1. The van der Waals surface area contributed by atoms with Crippen LogP contribution in [0.15, 0.2) is 48.5 Å². The molecule has 0 atom stereocenters. The van der Waals surface area contributed by atoms with Gasteiger partial charge in [0.05, 0.1) is 23.4 Å². The zero-order valence-electron chi connectivity index (χ0n) is 17.9. The lowest BCUT2D eigenvalue weighted by molar-refractivity contribution is -0.123. The number of rotatable bonds is 7. The lowest BCUT2D eigenvalue weighted by Crippen LogP contribution is -2.36. The van der Waals surface area contributed by atoms with Crippen molar-refractivity contribution in [2.75, 3.05) is 13.2 Å². The van der Waals surface area contributed by atoms with Gasteiger partial charge in [0, 0.05) is 23.1 Å². The summed E-state index contributed by atoms with van der Waals surface area (Å²) in [5.74, 6) is -0.551. The van der Waals surface area contributed by atoms with E-state index >= 15 is 0 Å². The summed E-state index contributed by atoms with van der Waals surface area (Å²) in [6.45, 7) is 1.86. The van der Waals surface area contributed by atoms with Crippen molar-refractivity contribution in [3.8, 4) is 17.0 Å². The van der Waals surface area contributed by atoms with Gasteiger partial charge in [-0.3, -0.25) is 4.79 Å². The van der Waals surface area contributed by atoms with E-state index in [1.165, 1.54) is 12.1 Å². The van der Waals surface area contributed by atoms with E-state index in [2.05, 4.69) is 10.3 Å². The molecular weight excluding hydrogens is 411 g/mol. The van der Waals surface area contributed by atoms with E-state index in [1.807, 2.05) is 0 Å². The van der Waals surface area contributed by atoms with Crippen LogP contribution in [0.5, 0.6) is 5.75 Å². The van der Waals surface area contributed by atoms with Crippen LogP contribution in [0.2, 0.25) is 0 Å². The number of esters is 1. The summed E-state index contributed by atoms with van der Waals surface area (Å²) in [4.78, 5) is 29.2. The van der Waals surface area contributed by atoms with Crippen LogP contribution in [0, 0.1) is 5.82 Å². The Balaban J connectivity index is 1.66. The van der Waals surface area contributed by atoms with Crippen LogP contribution in [-0.4, -0.2) is 36.1 Å². The number of aromatic nitrogens is 1. The molecule has 1 aromatic heterocycles. The molecule has 0 radical (unpaired) electrons. The van der Waals surface area contributed by atoms with Gasteiger partial charge < -0.3 is 14.8 Å². The predicted molar refractivity (Wildman–Crippen MR) is 119 cm³/mol. The Hall–Kier alpha value is -3.48. The Morgan fingerprint density at radius 3 is 2.56 bits per heavy atom. The number of halogens is 1. The maximum Gasteiger partial charge on any atom is 0.338 e. The van der Waals surface area contributed by atoms with Crippen molar-refractivity contribution in [1.82, 2.24) is 10.3 Å². The number of amides is 1. The van der Waals surface area contributed by atoms with Gasteiger partial charge in [-0.2, -0.15) is 0 Å². The van der Waals surface area contributed by atoms with Crippen molar-refractivity contribution in [3.63, 3.8) is 0 Å². The van der Waals surface area contributed by atoms with Crippen LogP contribution in [-0.2, 0) is 9.53 Å². The van der Waals surface area contributed by atoms with E-state index in [0.717, 1.165) is 25.7 Å². The van der Waals surface area contributed by atoms with Crippen molar-refractivity contribution in [3.05, 3.63) is 59.9 Å². The van der Waals surface area contributed by atoms with Gasteiger partial charge in [-0.05, 0) is 62.2 Å². The second kappa shape index (κ2) is 9.77. The van der Waals surface area contributed by atoms with E-state index in [9.17, 15) is 14.0 Å². The number of nitrogens with zero attached hydrogens (tertiary/aromatic N) is 1. The van der Waals surface area contributed by atoms with Crippen LogP contribution in [0.3, 0.4) is 0 Å². The molecule has 0 unspecified atom stereocenters. The quantitative estimate of drug-likeness (QED) is 0.546. The highest BCUT2D eigenvalue weighted by molar-refractivity contribution is 5.97. The summed E-state index contributed by atoms with van der Waals surface area (Å²) >= 11 is 0. The summed E-state index contributed by atoms with van der Waals surface area (Å²) in [5.41, 5.74) is 2.25. The Morgan fingerprint density at radius 1 is 1.09 bits per heavy atom. The Bertz CT molecular complexity index is 1120. The molecule has 1 aliphatic carbocycles. The minimum atomic E-state index is -0.443. The fourth-order valence-corrected chi connectivity index (χ4v) is 3.91. The van der Waals surface area contributed by atoms with Gasteiger partial charge >= 0.3 is 5.97 Å². The number of ether oxygens (including phenoxy) is 2. The fraction of sp³-hybridized carbons (Fsp3) is 0.320. The smallest absolute Gasteiger partial charge is 0.338 e. The molecule has 3 aromatic rings. The van der Waals surface area contributed by atoms with Gasteiger partial charge in [0.2, 0.25) is 0 Å². The number of carbonyl (C=O) groups excluding carboxylic acids is 2. The molecule has 1 heterocycles. The summed E-state index contributed by atoms with van der Waals surface area (Å²) in [6, 6.07) is 12.9. The van der Waals surface area contributed by atoms with Crippen molar-refractivity contribution < 1.29 is 23.5 Å². The maximum absolute atomic E-state index is 13.4. The molecule has 32 heavy (non-hydrogen) atoms. The first-order valence-electron chi connectivity index (χ1n) is 10.8. The minimum absolute atomic E-state index is 0.151. The highest BCUT2D eigenvalue weighted by atomic mass is 19.1. The molecule has 2 aromatic carbocycles. The second-order valence-corrected chi connectivity index (χ2v) is 7.80. The largest absolute Gasteiger partial charge is 0.483 e. The van der Waals surface area contributed by atoms with E-state index in [1.54, 1.807) is 43.3 Å². The van der Waals surface area contributed by atoms with E-state index in [0.29, 0.717) is 33.5 Å². The monoisotopic (exact) mass is 436 g/mol. The van der Waals surface area contributed by atoms with Crippen LogP contribution in [0.25, 0.3) is 22.2 Å². The van der Waals surface area contributed by atoms with Gasteiger partial charge in [0.25, 0.3) is 5.91 Å². The average molecular weight is 436 g/mol. The minimum Gasteiger partial charge on any atom is -0.483 e. The molecule has 6 nitrogen and oxygen atoms in total. The molecule has 1 N–H and O–H groups in total. The summed E-state index contributed by atoms with van der Waals surface area (Å²) in [7, 11) is 0. The Labute approximate surface area is 185 Å². The van der Waals surface area contributed by atoms with Gasteiger partial charge in [-0.15, -0.1) is 0 Å². The first-order chi connectivity index (χ1) is 15.5.